The van der Waals surface area contributed by atoms with Crippen LogP contribution in [0.5, 0.6) is 0 Å². The predicted octanol–water partition coefficient (Wildman–Crippen LogP) is -4.57. The lowest BCUT2D eigenvalue weighted by Crippen LogP contribution is -2.64. The number of carbonyl (C=O) groups excluding carboxylic acids is 1. The van der Waals surface area contributed by atoms with Crippen LogP contribution < -0.4 is 16.6 Å². The zero-order valence-corrected chi connectivity index (χ0v) is 21.9. The topological polar surface area (TPSA) is 306 Å². The van der Waals surface area contributed by atoms with Crippen molar-refractivity contribution in [3.63, 3.8) is 0 Å². The summed E-state index contributed by atoms with van der Waals surface area (Å²) in [6, 6.07) is -0.723. The first kappa shape index (κ1) is 33.3. The van der Waals surface area contributed by atoms with Gasteiger partial charge in [-0.05, 0) is 0 Å². The van der Waals surface area contributed by atoms with Crippen LogP contribution in [0, 0.1) is 0 Å². The SMILES string of the molecule is CC(=O)NC1C(O)[C@H](O)C(CO)O[C@@H]1O[P@@](=O)(O)O[P@@](=O)(O)OC[C@@H](OCn1ccc(=O)[nH]c1=O)C(O)CO. The summed E-state index contributed by atoms with van der Waals surface area (Å²) in [5.74, 6) is -0.798. The van der Waals surface area contributed by atoms with Gasteiger partial charge in [0.05, 0.1) is 19.8 Å². The van der Waals surface area contributed by atoms with Crippen LogP contribution in [0.1, 0.15) is 6.92 Å². The molecule has 20 nitrogen and oxygen atoms in total. The Bertz CT molecular complexity index is 1180. The summed E-state index contributed by atoms with van der Waals surface area (Å²) in [5, 5.41) is 50.6. The first-order valence-electron chi connectivity index (χ1n) is 10.9. The third-order valence-corrected chi connectivity index (χ3v) is 7.64. The second kappa shape index (κ2) is 14.2. The Morgan fingerprint density at radius 1 is 1.21 bits per heavy atom. The van der Waals surface area contributed by atoms with Crippen LogP contribution in [-0.2, 0) is 43.5 Å². The zero-order valence-electron chi connectivity index (χ0n) is 20.1. The number of phosphoric acid groups is 2. The highest BCUT2D eigenvalue weighted by Crippen LogP contribution is 2.61. The molecule has 1 amide bonds. The highest BCUT2D eigenvalue weighted by molar-refractivity contribution is 7.61. The van der Waals surface area contributed by atoms with E-state index in [1.165, 1.54) is 0 Å². The first-order valence-corrected chi connectivity index (χ1v) is 13.9. The van der Waals surface area contributed by atoms with Gasteiger partial charge < -0.3 is 50.1 Å². The van der Waals surface area contributed by atoms with Crippen molar-refractivity contribution in [2.75, 3.05) is 19.8 Å². The van der Waals surface area contributed by atoms with Crippen molar-refractivity contribution < 1.29 is 72.1 Å². The number of hydrogen-bond donors (Lipinski definition) is 9. The third-order valence-electron chi connectivity index (χ3n) is 5.04. The lowest BCUT2D eigenvalue weighted by Gasteiger charge is -2.42. The van der Waals surface area contributed by atoms with Gasteiger partial charge in [0.2, 0.25) is 5.91 Å². The van der Waals surface area contributed by atoms with Gasteiger partial charge in [0.15, 0.2) is 6.29 Å². The van der Waals surface area contributed by atoms with Crippen molar-refractivity contribution in [2.24, 2.45) is 0 Å². The van der Waals surface area contributed by atoms with E-state index in [4.69, 9.17) is 9.47 Å². The molecule has 1 aromatic heterocycles. The van der Waals surface area contributed by atoms with Crippen LogP contribution in [0.25, 0.3) is 0 Å². The summed E-state index contributed by atoms with van der Waals surface area (Å²) in [7, 11) is -11.2. The average molecular weight is 609 g/mol. The molecule has 9 N–H and O–H groups in total. The highest BCUT2D eigenvalue weighted by atomic mass is 31.3. The van der Waals surface area contributed by atoms with Gasteiger partial charge in [0.1, 0.15) is 43.3 Å². The Morgan fingerprint density at radius 3 is 2.44 bits per heavy atom. The second-order valence-corrected chi connectivity index (χ2v) is 11.0. The van der Waals surface area contributed by atoms with Crippen molar-refractivity contribution in [1.29, 1.82) is 0 Å². The van der Waals surface area contributed by atoms with Crippen LogP contribution in [0.15, 0.2) is 21.9 Å². The largest absolute Gasteiger partial charge is 0.483 e. The minimum Gasteiger partial charge on any atom is -0.394 e. The maximum Gasteiger partial charge on any atom is 0.483 e. The number of amides is 1. The minimum atomic E-state index is -5.63. The van der Waals surface area contributed by atoms with E-state index in [0.29, 0.717) is 0 Å². The number of carbonyl (C=O) groups is 1. The number of rotatable bonds is 14. The van der Waals surface area contributed by atoms with Crippen molar-refractivity contribution in [3.05, 3.63) is 33.1 Å². The van der Waals surface area contributed by atoms with E-state index < -0.39 is 102 Å². The molecule has 0 aliphatic carbocycles. The number of aliphatic hydroxyl groups is 5. The van der Waals surface area contributed by atoms with E-state index in [1.807, 2.05) is 4.98 Å². The Morgan fingerprint density at radius 2 is 1.87 bits per heavy atom. The molecule has 1 aliphatic heterocycles. The van der Waals surface area contributed by atoms with Gasteiger partial charge in [-0.15, -0.1) is 0 Å². The van der Waals surface area contributed by atoms with E-state index in [9.17, 15) is 58.8 Å². The summed E-state index contributed by atoms with van der Waals surface area (Å²) in [5.41, 5.74) is -1.61. The molecule has 1 aromatic rings. The lowest BCUT2D eigenvalue weighted by atomic mass is 9.97. The monoisotopic (exact) mass is 609 g/mol. The van der Waals surface area contributed by atoms with Crippen molar-refractivity contribution in [1.82, 2.24) is 14.9 Å². The third kappa shape index (κ3) is 9.92. The molecule has 0 radical (unpaired) electrons. The number of aliphatic hydroxyl groups excluding tert-OH is 5. The van der Waals surface area contributed by atoms with Gasteiger partial charge in [0.25, 0.3) is 5.56 Å². The molecule has 39 heavy (non-hydrogen) atoms. The van der Waals surface area contributed by atoms with Crippen LogP contribution >= 0.6 is 15.6 Å². The predicted molar refractivity (Wildman–Crippen MR) is 122 cm³/mol. The number of ether oxygens (including phenoxy) is 2. The van der Waals surface area contributed by atoms with Crippen LogP contribution in [0.3, 0.4) is 0 Å². The Hall–Kier alpha value is -1.87. The number of aromatic amines is 1. The van der Waals surface area contributed by atoms with Gasteiger partial charge in [0, 0.05) is 19.2 Å². The Labute approximate surface area is 218 Å². The number of H-pyrrole nitrogens is 1. The normalized spacial score (nSPS) is 28.2. The molecule has 2 rings (SSSR count). The van der Waals surface area contributed by atoms with E-state index in [1.54, 1.807) is 0 Å². The Balaban J connectivity index is 2.08. The fourth-order valence-electron chi connectivity index (χ4n) is 3.14. The van der Waals surface area contributed by atoms with E-state index >= 15 is 0 Å². The van der Waals surface area contributed by atoms with Crippen molar-refractivity contribution in [3.8, 4) is 0 Å². The molecule has 22 heteroatoms. The maximum atomic E-state index is 12.4. The quantitative estimate of drug-likeness (QED) is 0.0896. The second-order valence-electron chi connectivity index (χ2n) is 8.02. The minimum absolute atomic E-state index is 0.636. The van der Waals surface area contributed by atoms with E-state index in [-0.39, 0.29) is 0 Å². The summed E-state index contributed by atoms with van der Waals surface area (Å²) < 4.78 is 49.2. The van der Waals surface area contributed by atoms with Crippen LogP contribution in [-0.4, -0.2) is 113 Å². The van der Waals surface area contributed by atoms with Gasteiger partial charge in [-0.2, -0.15) is 4.31 Å². The van der Waals surface area contributed by atoms with Crippen molar-refractivity contribution >= 4 is 21.6 Å². The number of nitrogens with one attached hydrogen (secondary N) is 2. The molecule has 1 saturated heterocycles. The van der Waals surface area contributed by atoms with Crippen molar-refractivity contribution in [2.45, 2.75) is 56.5 Å². The van der Waals surface area contributed by atoms with Gasteiger partial charge in [-0.1, -0.05) is 0 Å². The summed E-state index contributed by atoms with van der Waals surface area (Å²) in [4.78, 5) is 56.1. The Kier molecular flexibility index (Phi) is 12.1. The number of phosphoric ester groups is 2. The molecular weight excluding hydrogens is 580 g/mol. The molecule has 0 saturated carbocycles. The number of hydrogen-bond acceptors (Lipinski definition) is 15. The van der Waals surface area contributed by atoms with E-state index in [2.05, 4.69) is 18.7 Å². The lowest BCUT2D eigenvalue weighted by molar-refractivity contribution is -0.247. The zero-order chi connectivity index (χ0) is 29.5. The number of nitrogens with zero attached hydrogens (tertiary/aromatic N) is 1. The molecule has 1 fully saturated rings. The van der Waals surface area contributed by atoms with E-state index in [0.717, 1.165) is 23.8 Å². The number of aromatic nitrogens is 2. The molecule has 2 heterocycles. The summed E-state index contributed by atoms with van der Waals surface area (Å²) in [6.07, 6.45) is -9.62. The van der Waals surface area contributed by atoms with Crippen LogP contribution in [0.4, 0.5) is 0 Å². The smallest absolute Gasteiger partial charge is 0.394 e. The molecular formula is C17H29N3O17P2. The first-order chi connectivity index (χ1) is 18.1. The molecule has 224 valence electrons. The fourth-order valence-corrected chi connectivity index (χ4v) is 5.31. The molecule has 4 unspecified atom stereocenters. The van der Waals surface area contributed by atoms with Gasteiger partial charge in [-0.25, -0.2) is 13.9 Å². The average Bonchev–Trinajstić information content (AvgIpc) is 2.83. The van der Waals surface area contributed by atoms with Crippen LogP contribution in [0.2, 0.25) is 0 Å². The molecule has 0 bridgehead atoms. The standard InChI is InChI=1S/C17H29N3O17P2/c1-8(23)18-13-15(27)14(26)10(5-22)35-16(13)36-39(31,32)37-38(29,30)34-6-11(9(24)4-21)33-7-20-3-2-12(25)19-17(20)28/h2-3,9-11,13-16,21-22,24,26-27H,4-7H2,1H3,(H,18,23)(H,29,30)(H,31,32)(H,19,25,28)/t9?,10?,11-,13?,14-,15?,16-/m1/s1. The molecule has 1 aliphatic rings. The maximum absolute atomic E-state index is 12.4. The van der Waals surface area contributed by atoms with Gasteiger partial charge >= 0.3 is 21.3 Å². The summed E-state index contributed by atoms with van der Waals surface area (Å²) >= 11 is 0. The van der Waals surface area contributed by atoms with Gasteiger partial charge in [-0.3, -0.25) is 28.2 Å². The molecule has 9 atom stereocenters. The fraction of sp³-hybridized carbons (Fsp3) is 0.706. The molecule has 0 aromatic carbocycles. The molecule has 0 spiro atoms. The summed E-state index contributed by atoms with van der Waals surface area (Å²) in [6.45, 7) is -2.55. The highest BCUT2D eigenvalue weighted by Gasteiger charge is 2.49.